The number of rotatable bonds is 5. The topological polar surface area (TPSA) is 52.6 Å². The smallest absolute Gasteiger partial charge is 0.324 e. The minimum absolute atomic E-state index is 0.0565. The van der Waals surface area contributed by atoms with Crippen molar-refractivity contribution in [2.75, 3.05) is 23.3 Å². The van der Waals surface area contributed by atoms with Crippen LogP contribution in [-0.4, -0.2) is 29.9 Å². The predicted molar refractivity (Wildman–Crippen MR) is 109 cm³/mol. The van der Waals surface area contributed by atoms with Crippen molar-refractivity contribution >= 4 is 23.3 Å². The number of nitrogens with one attached hydrogen (secondary N) is 1. The summed E-state index contributed by atoms with van der Waals surface area (Å²) in [6.45, 7) is 6.55. The molecule has 1 N–H and O–H groups in total. The highest BCUT2D eigenvalue weighted by Crippen LogP contribution is 2.31. The van der Waals surface area contributed by atoms with Gasteiger partial charge >= 0.3 is 6.03 Å². The van der Waals surface area contributed by atoms with Crippen molar-refractivity contribution in [2.45, 2.75) is 33.7 Å². The van der Waals surface area contributed by atoms with Crippen LogP contribution in [0.25, 0.3) is 0 Å². The number of hydrogen-bond acceptors (Lipinski definition) is 2. The Morgan fingerprint density at radius 2 is 1.90 bits per heavy atom. The summed E-state index contributed by atoms with van der Waals surface area (Å²) in [5.41, 5.74) is 2.41. The highest BCUT2D eigenvalue weighted by Gasteiger charge is 2.29. The molecular formula is C22H25F2N3O2. The summed E-state index contributed by atoms with van der Waals surface area (Å²) in [5.74, 6) is -1.65. The first-order valence-electron chi connectivity index (χ1n) is 9.68. The third-order valence-electron chi connectivity index (χ3n) is 4.91. The molecule has 0 aromatic heterocycles. The number of carbonyl (C=O) groups is 2. The second-order valence-electron chi connectivity index (χ2n) is 7.61. The Kier molecular flexibility index (Phi) is 6.15. The molecule has 0 spiro atoms. The second-order valence-corrected chi connectivity index (χ2v) is 7.61. The fourth-order valence-corrected chi connectivity index (χ4v) is 3.27. The average molecular weight is 401 g/mol. The van der Waals surface area contributed by atoms with Crippen molar-refractivity contribution < 1.29 is 18.4 Å². The Hall–Kier alpha value is -2.96. The average Bonchev–Trinajstić information content (AvgIpc) is 2.66. The molecule has 1 aliphatic rings. The van der Waals surface area contributed by atoms with Crippen LogP contribution in [0, 0.1) is 24.5 Å². The van der Waals surface area contributed by atoms with E-state index in [1.54, 1.807) is 18.7 Å². The van der Waals surface area contributed by atoms with Crippen LogP contribution in [-0.2, 0) is 11.3 Å². The summed E-state index contributed by atoms with van der Waals surface area (Å²) in [6.07, 6.45) is 0.694. The third-order valence-corrected chi connectivity index (χ3v) is 4.91. The summed E-state index contributed by atoms with van der Waals surface area (Å²) in [4.78, 5) is 28.5. The number of aryl methyl sites for hydroxylation is 1. The van der Waals surface area contributed by atoms with Crippen molar-refractivity contribution in [3.63, 3.8) is 0 Å². The molecule has 1 saturated heterocycles. The van der Waals surface area contributed by atoms with Gasteiger partial charge in [-0.15, -0.1) is 0 Å². The second kappa shape index (κ2) is 8.59. The van der Waals surface area contributed by atoms with Crippen LogP contribution in [0.5, 0.6) is 0 Å². The van der Waals surface area contributed by atoms with E-state index < -0.39 is 11.6 Å². The molecule has 2 aromatic rings. The van der Waals surface area contributed by atoms with Crippen LogP contribution in [0.15, 0.2) is 36.4 Å². The van der Waals surface area contributed by atoms with Gasteiger partial charge in [-0.3, -0.25) is 9.69 Å². The predicted octanol–water partition coefficient (Wildman–Crippen LogP) is 4.70. The van der Waals surface area contributed by atoms with Crippen molar-refractivity contribution in [1.82, 2.24) is 4.90 Å². The lowest BCUT2D eigenvalue weighted by Gasteiger charge is -2.36. The zero-order chi connectivity index (χ0) is 21.1. The van der Waals surface area contributed by atoms with E-state index in [1.807, 2.05) is 25.1 Å². The highest BCUT2D eigenvalue weighted by molar-refractivity contribution is 6.01. The Morgan fingerprint density at radius 3 is 2.59 bits per heavy atom. The fourth-order valence-electron chi connectivity index (χ4n) is 3.27. The maximum Gasteiger partial charge on any atom is 0.324 e. The lowest BCUT2D eigenvalue weighted by atomic mass is 10.1. The zero-order valence-corrected chi connectivity index (χ0v) is 16.8. The molecule has 29 heavy (non-hydrogen) atoms. The molecule has 2 aromatic carbocycles. The maximum absolute atomic E-state index is 14.0. The van der Waals surface area contributed by atoms with Crippen molar-refractivity contribution in [2.24, 2.45) is 5.92 Å². The molecule has 0 saturated carbocycles. The van der Waals surface area contributed by atoms with Gasteiger partial charge in [-0.05, 0) is 37.1 Å². The van der Waals surface area contributed by atoms with Crippen LogP contribution in [0.3, 0.4) is 0 Å². The minimum atomic E-state index is -0.671. The molecule has 7 heteroatoms. The first kappa shape index (κ1) is 20.8. The molecular weight excluding hydrogens is 376 g/mol. The number of amides is 3. The van der Waals surface area contributed by atoms with E-state index in [2.05, 4.69) is 5.32 Å². The largest absolute Gasteiger partial charge is 0.324 e. The van der Waals surface area contributed by atoms with Gasteiger partial charge in [0.2, 0.25) is 5.91 Å². The molecule has 0 unspecified atom stereocenters. The summed E-state index contributed by atoms with van der Waals surface area (Å²) in [6, 6.07) is 8.62. The van der Waals surface area contributed by atoms with E-state index in [0.29, 0.717) is 30.9 Å². The summed E-state index contributed by atoms with van der Waals surface area (Å²) < 4.78 is 27.2. The molecule has 1 aliphatic heterocycles. The molecule has 0 bridgehead atoms. The Balaban J connectivity index is 1.85. The number of benzene rings is 2. The van der Waals surface area contributed by atoms with Crippen LogP contribution in [0.2, 0.25) is 0 Å². The van der Waals surface area contributed by atoms with E-state index in [1.165, 1.54) is 17.0 Å². The highest BCUT2D eigenvalue weighted by atomic mass is 19.1. The Morgan fingerprint density at radius 1 is 1.14 bits per heavy atom. The van der Waals surface area contributed by atoms with E-state index in [-0.39, 0.29) is 30.0 Å². The molecule has 3 amide bonds. The fraction of sp³-hybridized carbons (Fsp3) is 0.364. The minimum Gasteiger partial charge on any atom is -0.324 e. The van der Waals surface area contributed by atoms with Crippen LogP contribution < -0.4 is 10.2 Å². The van der Waals surface area contributed by atoms with Gasteiger partial charge in [0.25, 0.3) is 0 Å². The van der Waals surface area contributed by atoms with Gasteiger partial charge < -0.3 is 10.2 Å². The Bertz CT molecular complexity index is 930. The van der Waals surface area contributed by atoms with Gasteiger partial charge in [0, 0.05) is 30.6 Å². The molecule has 3 rings (SSSR count). The van der Waals surface area contributed by atoms with Gasteiger partial charge in [-0.2, -0.15) is 0 Å². The van der Waals surface area contributed by atoms with Crippen LogP contribution in [0.1, 0.15) is 31.4 Å². The van der Waals surface area contributed by atoms with Gasteiger partial charge in [0.15, 0.2) is 0 Å². The number of carbonyl (C=O) groups excluding carboxylic acids is 2. The molecule has 0 aliphatic carbocycles. The van der Waals surface area contributed by atoms with E-state index >= 15 is 0 Å². The lowest BCUT2D eigenvalue weighted by molar-refractivity contribution is -0.118. The summed E-state index contributed by atoms with van der Waals surface area (Å²) >= 11 is 0. The number of anilines is 2. The number of urea groups is 1. The molecule has 5 nitrogen and oxygen atoms in total. The van der Waals surface area contributed by atoms with Gasteiger partial charge in [-0.25, -0.2) is 13.6 Å². The van der Waals surface area contributed by atoms with Crippen molar-refractivity contribution in [1.29, 1.82) is 0 Å². The monoisotopic (exact) mass is 401 g/mol. The van der Waals surface area contributed by atoms with Crippen molar-refractivity contribution in [3.05, 3.63) is 59.2 Å². The summed E-state index contributed by atoms with van der Waals surface area (Å²) in [5, 5.41) is 2.90. The number of nitrogens with zero attached hydrogens (tertiary/aromatic N) is 2. The van der Waals surface area contributed by atoms with E-state index in [4.69, 9.17) is 0 Å². The third kappa shape index (κ3) is 4.72. The van der Waals surface area contributed by atoms with Gasteiger partial charge in [0.1, 0.15) is 11.6 Å². The molecule has 0 radical (unpaired) electrons. The van der Waals surface area contributed by atoms with Gasteiger partial charge in [-0.1, -0.05) is 26.0 Å². The zero-order valence-electron chi connectivity index (χ0n) is 16.8. The first-order chi connectivity index (χ1) is 13.8. The first-order valence-corrected chi connectivity index (χ1v) is 9.68. The maximum atomic E-state index is 14.0. The number of halogens is 2. The van der Waals surface area contributed by atoms with Crippen molar-refractivity contribution in [3.8, 4) is 0 Å². The number of hydrogen-bond donors (Lipinski definition) is 1. The Labute approximate surface area is 169 Å². The lowest BCUT2D eigenvalue weighted by Crippen LogP contribution is -2.49. The van der Waals surface area contributed by atoms with E-state index in [9.17, 15) is 18.4 Å². The molecule has 154 valence electrons. The van der Waals surface area contributed by atoms with Crippen LogP contribution >= 0.6 is 0 Å². The summed E-state index contributed by atoms with van der Waals surface area (Å²) in [7, 11) is 0. The molecule has 1 fully saturated rings. The normalized spacial score (nSPS) is 14.5. The SMILES string of the molecule is Cc1ccc(N2CCCN(Cc3ccc(F)cc3F)C2=O)c(NC(=O)C(C)C)c1. The molecule has 1 heterocycles. The quantitative estimate of drug-likeness (QED) is 0.790. The standard InChI is InChI=1S/C22H25F2N3O2/c1-14(2)21(28)25-19-11-15(3)5-8-20(19)27-10-4-9-26(22(27)29)13-16-6-7-17(23)12-18(16)24/h5-8,11-12,14H,4,9-10,13H2,1-3H3,(H,25,28). The van der Waals surface area contributed by atoms with E-state index in [0.717, 1.165) is 11.6 Å². The van der Waals surface area contributed by atoms with Crippen LogP contribution in [0.4, 0.5) is 25.0 Å². The van der Waals surface area contributed by atoms with Gasteiger partial charge in [0.05, 0.1) is 17.9 Å². The molecule has 0 atom stereocenters.